The first-order valence-electron chi connectivity index (χ1n) is 11.0. The zero-order valence-corrected chi connectivity index (χ0v) is 18.0. The van der Waals surface area contributed by atoms with Crippen LogP contribution in [0.3, 0.4) is 0 Å². The van der Waals surface area contributed by atoms with E-state index < -0.39 is 5.60 Å². The van der Waals surface area contributed by atoms with Gasteiger partial charge in [0.2, 0.25) is 6.33 Å². The number of para-hydroxylation sites is 1. The van der Waals surface area contributed by atoms with Crippen LogP contribution in [0.1, 0.15) is 28.6 Å². The molecule has 32 heavy (non-hydrogen) atoms. The summed E-state index contributed by atoms with van der Waals surface area (Å²) in [5, 5.41) is 5.94. The highest BCUT2D eigenvalue weighted by molar-refractivity contribution is 5.83. The molecule has 0 amide bonds. The van der Waals surface area contributed by atoms with Crippen molar-refractivity contribution in [3.63, 3.8) is 0 Å². The summed E-state index contributed by atoms with van der Waals surface area (Å²) in [5.74, 6) is 0.944. The Kier molecular flexibility index (Phi) is 4.44. The monoisotopic (exact) mass is 421 g/mol. The van der Waals surface area contributed by atoms with Crippen molar-refractivity contribution in [1.29, 1.82) is 0 Å². The van der Waals surface area contributed by atoms with Crippen LogP contribution in [0.15, 0.2) is 97.5 Å². The minimum absolute atomic E-state index is 0.0102. The molecule has 0 radical (unpaired) electrons. The van der Waals surface area contributed by atoms with Crippen LogP contribution in [0.5, 0.6) is 0 Å². The Labute approximate surface area is 186 Å². The number of ether oxygens (including phenoxy) is 1. The van der Waals surface area contributed by atoms with Gasteiger partial charge in [0.25, 0.3) is 0 Å². The van der Waals surface area contributed by atoms with E-state index >= 15 is 0 Å². The average molecular weight is 422 g/mol. The van der Waals surface area contributed by atoms with Crippen molar-refractivity contribution < 1.29 is 9.30 Å². The van der Waals surface area contributed by atoms with Crippen molar-refractivity contribution in [1.82, 2.24) is 14.8 Å². The number of fused-ring (bicyclic) bond motifs is 2. The van der Waals surface area contributed by atoms with Gasteiger partial charge in [-0.05, 0) is 22.8 Å². The molecule has 0 unspecified atom stereocenters. The topological polar surface area (TPSA) is 46.7 Å². The van der Waals surface area contributed by atoms with Gasteiger partial charge in [0.15, 0.2) is 5.60 Å². The first-order chi connectivity index (χ1) is 15.8. The summed E-state index contributed by atoms with van der Waals surface area (Å²) >= 11 is 0. The van der Waals surface area contributed by atoms with Crippen molar-refractivity contribution in [3.8, 4) is 0 Å². The van der Waals surface area contributed by atoms with Crippen LogP contribution >= 0.6 is 0 Å². The third kappa shape index (κ3) is 2.89. The van der Waals surface area contributed by atoms with E-state index in [0.717, 1.165) is 28.9 Å². The maximum Gasteiger partial charge on any atom is 0.303 e. The van der Waals surface area contributed by atoms with E-state index in [2.05, 4.69) is 107 Å². The molecular formula is C27H25N4O+. The summed E-state index contributed by atoms with van der Waals surface area (Å²) < 4.78 is 11.0. The van der Waals surface area contributed by atoms with Gasteiger partial charge in [0, 0.05) is 28.6 Å². The van der Waals surface area contributed by atoms with E-state index in [-0.39, 0.29) is 6.04 Å². The molecule has 0 saturated heterocycles. The summed E-state index contributed by atoms with van der Waals surface area (Å²) in [5.41, 5.74) is 4.09. The van der Waals surface area contributed by atoms with Gasteiger partial charge in [-0.25, -0.2) is 4.57 Å². The number of rotatable bonds is 4. The average Bonchev–Trinajstić information content (AvgIpc) is 3.43. The van der Waals surface area contributed by atoms with E-state index in [9.17, 15) is 0 Å². The number of nitrogens with zero attached hydrogens (tertiary/aromatic N) is 3. The van der Waals surface area contributed by atoms with Gasteiger partial charge in [0.05, 0.1) is 7.05 Å². The Bertz CT molecular complexity index is 1330. The molecule has 0 aliphatic carbocycles. The molecule has 0 spiro atoms. The van der Waals surface area contributed by atoms with Crippen LogP contribution in [0.2, 0.25) is 0 Å². The fraction of sp³-hybridized carbons (Fsp3) is 0.185. The maximum absolute atomic E-state index is 6.84. The molecule has 1 atom stereocenters. The van der Waals surface area contributed by atoms with Crippen molar-refractivity contribution in [2.45, 2.75) is 24.7 Å². The zero-order valence-electron chi connectivity index (χ0n) is 18.0. The number of hydrogen-bond donors (Lipinski definition) is 1. The number of aromatic amines is 1. The molecule has 1 N–H and O–H groups in total. The Morgan fingerprint density at radius 2 is 1.62 bits per heavy atom. The number of aryl methyl sites for hydroxylation is 1. The van der Waals surface area contributed by atoms with Gasteiger partial charge in [-0.2, -0.15) is 0 Å². The fourth-order valence-corrected chi connectivity index (χ4v) is 5.18. The maximum atomic E-state index is 6.84. The van der Waals surface area contributed by atoms with Gasteiger partial charge in [0.1, 0.15) is 12.6 Å². The van der Waals surface area contributed by atoms with Crippen LogP contribution < -0.4 is 4.57 Å². The SMILES string of the molecule is Cn1c[n+]2c(n1)COC(c1ccccc1)(c1ccccc1)[C@@H]2Cc1c[nH]c2ccccc12. The first-order valence-corrected chi connectivity index (χ1v) is 11.0. The van der Waals surface area contributed by atoms with E-state index in [0.29, 0.717) is 6.61 Å². The summed E-state index contributed by atoms with van der Waals surface area (Å²) in [6, 6.07) is 29.7. The molecule has 0 bridgehead atoms. The van der Waals surface area contributed by atoms with Crippen molar-refractivity contribution in [3.05, 3.63) is 120 Å². The highest BCUT2D eigenvalue weighted by Crippen LogP contribution is 2.45. The number of aromatic nitrogens is 4. The van der Waals surface area contributed by atoms with Gasteiger partial charge in [-0.3, -0.25) is 0 Å². The highest BCUT2D eigenvalue weighted by atomic mass is 16.5. The highest BCUT2D eigenvalue weighted by Gasteiger charge is 2.51. The lowest BCUT2D eigenvalue weighted by molar-refractivity contribution is -0.758. The molecule has 1 aliphatic rings. The fourth-order valence-electron chi connectivity index (χ4n) is 5.18. The normalized spacial score (nSPS) is 17.3. The van der Waals surface area contributed by atoms with Crippen LogP contribution in [0.4, 0.5) is 0 Å². The molecule has 5 aromatic rings. The summed E-state index contributed by atoms with van der Waals surface area (Å²) in [6.45, 7) is 0.453. The minimum atomic E-state index is -0.637. The summed E-state index contributed by atoms with van der Waals surface area (Å²) in [7, 11) is 1.97. The quantitative estimate of drug-likeness (QED) is 0.436. The number of hydrogen-bond acceptors (Lipinski definition) is 2. The molecule has 3 aromatic carbocycles. The van der Waals surface area contributed by atoms with Gasteiger partial charge >= 0.3 is 5.82 Å². The molecule has 2 aromatic heterocycles. The largest absolute Gasteiger partial charge is 0.361 e. The second-order valence-corrected chi connectivity index (χ2v) is 8.45. The van der Waals surface area contributed by atoms with Gasteiger partial charge in [-0.15, -0.1) is 4.68 Å². The second kappa shape index (κ2) is 7.46. The standard InChI is InChI=1S/C27H25N4O/c1-30-19-31-25(16-20-17-28-24-15-9-8-14-23(20)24)27(32-18-26(31)29-30,21-10-4-2-5-11-21)22-12-6-3-7-13-22/h2-15,17,19,25,28H,16,18H2,1H3/q+1/t25-/m0/s1. The van der Waals surface area contributed by atoms with Crippen LogP contribution in [0, 0.1) is 0 Å². The Morgan fingerprint density at radius 3 is 2.34 bits per heavy atom. The van der Waals surface area contributed by atoms with E-state index in [1.54, 1.807) is 0 Å². The Balaban J connectivity index is 1.60. The Morgan fingerprint density at radius 1 is 0.969 bits per heavy atom. The summed E-state index contributed by atoms with van der Waals surface area (Å²) in [4.78, 5) is 3.44. The third-order valence-electron chi connectivity index (χ3n) is 6.59. The van der Waals surface area contributed by atoms with E-state index in [1.807, 2.05) is 11.7 Å². The predicted octanol–water partition coefficient (Wildman–Crippen LogP) is 4.45. The smallest absolute Gasteiger partial charge is 0.303 e. The zero-order chi connectivity index (χ0) is 21.5. The van der Waals surface area contributed by atoms with Crippen LogP contribution in [-0.2, 0) is 30.4 Å². The van der Waals surface area contributed by atoms with E-state index in [1.165, 1.54) is 10.9 Å². The lowest BCUT2D eigenvalue weighted by Gasteiger charge is -2.42. The minimum Gasteiger partial charge on any atom is -0.361 e. The molecule has 0 fully saturated rings. The molecule has 1 aliphatic heterocycles. The molecule has 5 nitrogen and oxygen atoms in total. The lowest BCUT2D eigenvalue weighted by Crippen LogP contribution is -2.59. The molecule has 5 heteroatoms. The van der Waals surface area contributed by atoms with Crippen LogP contribution in [0.25, 0.3) is 10.9 Å². The first kappa shape index (κ1) is 19.0. The van der Waals surface area contributed by atoms with Crippen molar-refractivity contribution in [2.24, 2.45) is 7.05 Å². The van der Waals surface area contributed by atoms with Crippen molar-refractivity contribution in [2.75, 3.05) is 0 Å². The third-order valence-corrected chi connectivity index (χ3v) is 6.59. The molecule has 0 saturated carbocycles. The Hall–Kier alpha value is -3.70. The van der Waals surface area contributed by atoms with Crippen LogP contribution in [-0.4, -0.2) is 14.8 Å². The summed E-state index contributed by atoms with van der Waals surface area (Å²) in [6.07, 6.45) is 5.03. The molecule has 3 heterocycles. The molecule has 6 rings (SSSR count). The number of benzene rings is 3. The molecular weight excluding hydrogens is 396 g/mol. The van der Waals surface area contributed by atoms with Gasteiger partial charge in [-0.1, -0.05) is 78.9 Å². The predicted molar refractivity (Wildman–Crippen MR) is 123 cm³/mol. The molecule has 158 valence electrons. The van der Waals surface area contributed by atoms with E-state index in [4.69, 9.17) is 9.84 Å². The van der Waals surface area contributed by atoms with Gasteiger partial charge < -0.3 is 9.72 Å². The lowest BCUT2D eigenvalue weighted by atomic mass is 9.76. The van der Waals surface area contributed by atoms with Crippen molar-refractivity contribution >= 4 is 10.9 Å². The number of nitrogens with one attached hydrogen (secondary N) is 1. The second-order valence-electron chi connectivity index (χ2n) is 8.45. The number of H-pyrrole nitrogens is 1.